The van der Waals surface area contributed by atoms with Gasteiger partial charge in [0.05, 0.1) is 34.5 Å². The largest absolute Gasteiger partial charge is 0.456 e. The summed E-state index contributed by atoms with van der Waals surface area (Å²) in [7, 11) is 0. The number of furan rings is 1. The standard InChI is InChI=1S/C76H52N2O2/c1-75(2)62-32-15-12-28-56(62)59-45-44-54(47-66(59)75)77(52-24-8-4-9-25-52)68-36-21-39-71-72(68)60-31-20-37-69(74(60)80-71)78(53-26-10-5-11-27-53)55-46-61(51-42-40-50(41-43-51)49-22-6-3-7-23-49)73-67(48-55)76(65-35-18-19-38-70(65)79-73)63-33-16-13-29-57(63)58-30-14-17-34-64(58)76/h3-48H,1-2H3/i3D,6D,7D,22D,23D,40D,41D,42D,43D. The zero-order valence-electron chi connectivity index (χ0n) is 52.6. The van der Waals surface area contributed by atoms with Gasteiger partial charge >= 0.3 is 0 Å². The minimum Gasteiger partial charge on any atom is -0.456 e. The van der Waals surface area contributed by atoms with Crippen LogP contribution in [0.1, 0.15) is 59.6 Å². The van der Waals surface area contributed by atoms with Crippen LogP contribution < -0.4 is 14.5 Å². The Balaban J connectivity index is 0.981. The van der Waals surface area contributed by atoms with Crippen LogP contribution in [0, 0.1) is 0 Å². The van der Waals surface area contributed by atoms with Crippen LogP contribution in [0.15, 0.2) is 283 Å². The lowest BCUT2D eigenvalue weighted by Crippen LogP contribution is -2.32. The van der Waals surface area contributed by atoms with Gasteiger partial charge < -0.3 is 19.0 Å². The number of hydrogen-bond donors (Lipinski definition) is 0. The number of para-hydroxylation sites is 4. The van der Waals surface area contributed by atoms with Gasteiger partial charge in [-0.3, -0.25) is 0 Å². The molecule has 0 saturated heterocycles. The lowest BCUT2D eigenvalue weighted by molar-refractivity contribution is 0.438. The van der Waals surface area contributed by atoms with Crippen molar-refractivity contribution in [3.8, 4) is 56.0 Å². The van der Waals surface area contributed by atoms with E-state index in [1.165, 1.54) is 22.3 Å². The Kier molecular flexibility index (Phi) is 8.31. The van der Waals surface area contributed by atoms with Crippen LogP contribution >= 0.6 is 0 Å². The Morgan fingerprint density at radius 1 is 0.375 bits per heavy atom. The van der Waals surface area contributed by atoms with Gasteiger partial charge in [-0.1, -0.05) is 220 Å². The first-order valence-electron chi connectivity index (χ1n) is 31.4. The molecule has 0 amide bonds. The maximum Gasteiger partial charge on any atom is 0.159 e. The van der Waals surface area contributed by atoms with Crippen molar-refractivity contribution in [3.05, 3.63) is 312 Å². The summed E-state index contributed by atoms with van der Waals surface area (Å²) in [6.07, 6.45) is 0. The topological polar surface area (TPSA) is 28.9 Å². The van der Waals surface area contributed by atoms with Gasteiger partial charge in [0.2, 0.25) is 0 Å². The van der Waals surface area contributed by atoms with Crippen LogP contribution in [0.5, 0.6) is 11.5 Å². The molecule has 0 radical (unpaired) electrons. The van der Waals surface area contributed by atoms with Crippen LogP contribution in [0.2, 0.25) is 0 Å². The lowest BCUT2D eigenvalue weighted by Gasteiger charge is -2.41. The van der Waals surface area contributed by atoms with Gasteiger partial charge in [-0.25, -0.2) is 0 Å². The molecular weight excluding hydrogens is 973 g/mol. The minimum atomic E-state index is -1.08. The number of hydrogen-bond acceptors (Lipinski definition) is 4. The Bertz CT molecular complexity index is 5080. The van der Waals surface area contributed by atoms with E-state index in [2.05, 4.69) is 139 Å². The zero-order chi connectivity index (χ0) is 60.9. The van der Waals surface area contributed by atoms with Crippen LogP contribution in [-0.2, 0) is 10.8 Å². The average Bonchev–Trinajstić information content (AvgIpc) is 1.61. The van der Waals surface area contributed by atoms with Crippen LogP contribution in [-0.4, -0.2) is 0 Å². The normalized spacial score (nSPS) is 15.2. The molecule has 0 fully saturated rings. The Hall–Kier alpha value is -10.2. The van der Waals surface area contributed by atoms with Crippen LogP contribution in [0.3, 0.4) is 0 Å². The summed E-state index contributed by atoms with van der Waals surface area (Å²) in [4.78, 5) is 4.42. The van der Waals surface area contributed by atoms with Gasteiger partial charge in [-0.05, 0) is 134 Å². The van der Waals surface area contributed by atoms with Crippen molar-refractivity contribution in [3.63, 3.8) is 0 Å². The molecular formula is C76H52N2O2. The summed E-state index contributed by atoms with van der Waals surface area (Å²) in [6, 6.07) is 71.3. The van der Waals surface area contributed by atoms with Crippen LogP contribution in [0.25, 0.3) is 66.4 Å². The highest BCUT2D eigenvalue weighted by Gasteiger charge is 2.52. The van der Waals surface area contributed by atoms with Gasteiger partial charge in [0.15, 0.2) is 5.58 Å². The fraction of sp³-hybridized carbons (Fsp3) is 0.0526. The molecule has 0 unspecified atom stereocenters. The third-order valence-corrected chi connectivity index (χ3v) is 16.7. The smallest absolute Gasteiger partial charge is 0.159 e. The van der Waals surface area contributed by atoms with E-state index in [1.807, 2.05) is 109 Å². The van der Waals surface area contributed by atoms with Gasteiger partial charge in [0, 0.05) is 50.2 Å². The predicted octanol–water partition coefficient (Wildman–Crippen LogP) is 20.6. The lowest BCUT2D eigenvalue weighted by atomic mass is 9.65. The van der Waals surface area contributed by atoms with Gasteiger partial charge in [0.25, 0.3) is 0 Å². The number of ether oxygens (including phenoxy) is 1. The average molecular weight is 1030 g/mol. The predicted molar refractivity (Wildman–Crippen MR) is 329 cm³/mol. The second kappa shape index (κ2) is 17.7. The molecule has 80 heavy (non-hydrogen) atoms. The summed E-state index contributed by atoms with van der Waals surface area (Å²) in [5.74, 6) is 0.835. The molecule has 4 nitrogen and oxygen atoms in total. The van der Waals surface area contributed by atoms with Gasteiger partial charge in [0.1, 0.15) is 17.1 Å². The molecule has 2 aliphatic carbocycles. The number of nitrogens with zero attached hydrogens (tertiary/aromatic N) is 2. The van der Waals surface area contributed by atoms with Crippen molar-refractivity contribution in [1.29, 1.82) is 0 Å². The van der Waals surface area contributed by atoms with E-state index < -0.39 is 70.9 Å². The van der Waals surface area contributed by atoms with Crippen molar-refractivity contribution in [1.82, 2.24) is 0 Å². The highest BCUT2D eigenvalue weighted by Crippen LogP contribution is 2.64. The van der Waals surface area contributed by atoms with Crippen molar-refractivity contribution < 1.29 is 21.5 Å². The number of benzene rings is 12. The molecule has 378 valence electrons. The molecule has 1 aromatic heterocycles. The summed E-state index contributed by atoms with van der Waals surface area (Å²) >= 11 is 0. The number of anilines is 6. The third kappa shape index (κ3) is 6.69. The highest BCUT2D eigenvalue weighted by atomic mass is 16.5. The first-order chi connectivity index (χ1) is 43.2. The molecule has 3 aliphatic rings. The maximum atomic E-state index is 10.1. The van der Waals surface area contributed by atoms with Crippen LogP contribution in [0.4, 0.5) is 34.1 Å². The molecule has 2 heterocycles. The molecule has 1 spiro atoms. The van der Waals surface area contributed by atoms with Gasteiger partial charge in [-0.2, -0.15) is 0 Å². The monoisotopic (exact) mass is 1030 g/mol. The molecule has 12 aromatic carbocycles. The first-order valence-corrected chi connectivity index (χ1v) is 26.9. The highest BCUT2D eigenvalue weighted by molar-refractivity contribution is 6.17. The Morgan fingerprint density at radius 2 is 0.912 bits per heavy atom. The van der Waals surface area contributed by atoms with E-state index >= 15 is 0 Å². The summed E-state index contributed by atoms with van der Waals surface area (Å²) in [6.45, 7) is 4.59. The molecule has 0 saturated carbocycles. The fourth-order valence-corrected chi connectivity index (χ4v) is 13.2. The SMILES string of the molecule is [2H]c1c([2H])c([2H])c(-c2c([2H])c([2H])c(-c3cc(N(c4ccccc4)c4cccc5c4oc4cccc(N(c6ccccc6)c6ccc7c(c6)C(C)(C)c6ccccc6-7)c45)cc4c3Oc3ccccc3C43c4ccccc4-c4ccccc43)c([2H])c2[2H])c([2H])c1[2H]. The Labute approximate surface area is 478 Å². The summed E-state index contributed by atoms with van der Waals surface area (Å²) < 4.78 is 97.4. The second-order valence-electron chi connectivity index (χ2n) is 21.2. The van der Waals surface area contributed by atoms with Gasteiger partial charge in [-0.15, -0.1) is 0 Å². The van der Waals surface area contributed by atoms with E-state index in [1.54, 1.807) is 0 Å². The van der Waals surface area contributed by atoms with Crippen molar-refractivity contribution in [2.45, 2.75) is 24.7 Å². The van der Waals surface area contributed by atoms with E-state index in [0.29, 0.717) is 39.6 Å². The molecule has 0 bridgehead atoms. The third-order valence-electron chi connectivity index (χ3n) is 16.7. The van der Waals surface area contributed by atoms with E-state index in [-0.39, 0.29) is 16.5 Å². The van der Waals surface area contributed by atoms with E-state index in [9.17, 15) is 5.48 Å². The van der Waals surface area contributed by atoms with Crippen molar-refractivity contribution in [2.75, 3.05) is 9.80 Å². The van der Waals surface area contributed by atoms with E-state index in [0.717, 1.165) is 61.3 Å². The minimum absolute atomic E-state index is 0.109. The molecule has 0 atom stereocenters. The van der Waals surface area contributed by atoms with E-state index in [4.69, 9.17) is 16.0 Å². The molecule has 13 aromatic rings. The first kappa shape index (κ1) is 37.6. The summed E-state index contributed by atoms with van der Waals surface area (Å²) in [5, 5.41) is 1.73. The number of fused-ring (bicyclic) bond motifs is 15. The molecule has 4 heteroatoms. The Morgan fingerprint density at radius 3 is 1.61 bits per heavy atom. The van der Waals surface area contributed by atoms with Crippen molar-refractivity contribution >= 4 is 56.1 Å². The second-order valence-corrected chi connectivity index (χ2v) is 21.2. The molecule has 1 aliphatic heterocycles. The zero-order valence-corrected chi connectivity index (χ0v) is 43.6. The number of rotatable bonds is 8. The maximum absolute atomic E-state index is 10.1. The molecule has 0 N–H and O–H groups in total. The van der Waals surface area contributed by atoms with Crippen molar-refractivity contribution in [2.24, 2.45) is 0 Å². The quantitative estimate of drug-likeness (QED) is 0.152. The molecule has 16 rings (SSSR count). The fourth-order valence-electron chi connectivity index (χ4n) is 13.2. The summed E-state index contributed by atoms with van der Waals surface area (Å²) in [5.41, 5.74) is 14.6.